The van der Waals surface area contributed by atoms with E-state index in [0.29, 0.717) is 23.4 Å². The molecule has 0 aromatic rings. The molecule has 0 heterocycles. The number of hydrogen-bond donors (Lipinski definition) is 1. The summed E-state index contributed by atoms with van der Waals surface area (Å²) in [5.41, 5.74) is 0.757. The SMILES string of the molecule is CO[C@H]1C[C@]2(C)CCCC2[C@@H]2CCC3C[C@H](O)[C@@H](OC)C[C@]3(C)C21. The molecule has 0 bridgehead atoms. The van der Waals surface area contributed by atoms with E-state index >= 15 is 0 Å². The quantitative estimate of drug-likeness (QED) is 0.827. The largest absolute Gasteiger partial charge is 0.390 e. The standard InChI is InChI=1S/C21H36O3/c1-20-9-5-6-15(20)14-8-7-13-10-16(22)17(23-3)12-21(13,2)19(14)18(11-20)24-4/h13-19,22H,5-12H2,1-4H3/t13?,14-,15?,16-,17-,18-,19?,20-,21-/m0/s1. The maximum atomic E-state index is 10.5. The second kappa shape index (κ2) is 5.96. The van der Waals surface area contributed by atoms with E-state index in [0.717, 1.165) is 24.7 Å². The predicted octanol–water partition coefficient (Wildman–Crippen LogP) is 4.03. The van der Waals surface area contributed by atoms with E-state index in [9.17, 15) is 5.11 Å². The molecule has 4 aliphatic rings. The Kier molecular flexibility index (Phi) is 4.29. The molecule has 1 N–H and O–H groups in total. The monoisotopic (exact) mass is 336 g/mol. The van der Waals surface area contributed by atoms with Gasteiger partial charge in [0.05, 0.1) is 18.3 Å². The molecule has 0 amide bonds. The molecule has 0 spiro atoms. The highest BCUT2D eigenvalue weighted by molar-refractivity contribution is 5.11. The Balaban J connectivity index is 1.69. The maximum Gasteiger partial charge on any atom is 0.0835 e. The fourth-order valence-corrected chi connectivity index (χ4v) is 7.82. The molecule has 24 heavy (non-hydrogen) atoms. The zero-order chi connectivity index (χ0) is 17.1. The highest BCUT2D eigenvalue weighted by atomic mass is 16.5. The van der Waals surface area contributed by atoms with Crippen LogP contribution in [0.15, 0.2) is 0 Å². The van der Waals surface area contributed by atoms with Gasteiger partial charge in [0.1, 0.15) is 0 Å². The summed E-state index contributed by atoms with van der Waals surface area (Å²) < 4.78 is 11.8. The van der Waals surface area contributed by atoms with Gasteiger partial charge in [-0.2, -0.15) is 0 Å². The highest BCUT2D eigenvalue weighted by Gasteiger charge is 2.62. The number of rotatable bonds is 2. The summed E-state index contributed by atoms with van der Waals surface area (Å²) in [4.78, 5) is 0. The lowest BCUT2D eigenvalue weighted by atomic mass is 9.44. The van der Waals surface area contributed by atoms with Crippen LogP contribution < -0.4 is 0 Å². The third-order valence-electron chi connectivity index (χ3n) is 8.95. The molecular formula is C21H36O3. The van der Waals surface area contributed by atoms with Crippen LogP contribution in [-0.4, -0.2) is 37.6 Å². The molecule has 0 aromatic heterocycles. The first-order valence-corrected chi connectivity index (χ1v) is 10.2. The molecule has 4 aliphatic carbocycles. The van der Waals surface area contributed by atoms with Crippen molar-refractivity contribution in [2.24, 2.45) is 34.5 Å². The van der Waals surface area contributed by atoms with E-state index in [1.165, 1.54) is 38.5 Å². The Bertz CT molecular complexity index is 480. The summed E-state index contributed by atoms with van der Waals surface area (Å²) in [7, 11) is 3.69. The van der Waals surface area contributed by atoms with Crippen molar-refractivity contribution in [3.05, 3.63) is 0 Å². The van der Waals surface area contributed by atoms with Crippen molar-refractivity contribution in [1.29, 1.82) is 0 Å². The van der Waals surface area contributed by atoms with Gasteiger partial charge in [-0.25, -0.2) is 0 Å². The summed E-state index contributed by atoms with van der Waals surface area (Å²) in [6, 6.07) is 0. The molecule has 4 saturated carbocycles. The van der Waals surface area contributed by atoms with Gasteiger partial charge in [0, 0.05) is 14.2 Å². The molecule has 0 saturated heterocycles. The molecule has 138 valence electrons. The molecule has 0 aromatic carbocycles. The van der Waals surface area contributed by atoms with Crippen LogP contribution in [0.5, 0.6) is 0 Å². The zero-order valence-electron chi connectivity index (χ0n) is 16.0. The van der Waals surface area contributed by atoms with E-state index in [1.807, 2.05) is 7.11 Å². The third-order valence-corrected chi connectivity index (χ3v) is 8.95. The van der Waals surface area contributed by atoms with E-state index < -0.39 is 0 Å². The van der Waals surface area contributed by atoms with Crippen LogP contribution in [0.25, 0.3) is 0 Å². The van der Waals surface area contributed by atoms with Gasteiger partial charge < -0.3 is 14.6 Å². The number of hydrogen-bond acceptors (Lipinski definition) is 3. The molecule has 0 radical (unpaired) electrons. The molecular weight excluding hydrogens is 300 g/mol. The Labute approximate surface area is 147 Å². The van der Waals surface area contributed by atoms with Crippen molar-refractivity contribution in [2.45, 2.75) is 83.5 Å². The van der Waals surface area contributed by atoms with Crippen molar-refractivity contribution in [1.82, 2.24) is 0 Å². The maximum absolute atomic E-state index is 10.5. The first kappa shape index (κ1) is 17.3. The molecule has 4 rings (SSSR count). The minimum Gasteiger partial charge on any atom is -0.390 e. The summed E-state index contributed by atoms with van der Waals surface area (Å²) in [5, 5.41) is 10.5. The second-order valence-corrected chi connectivity index (χ2v) is 9.88. The molecule has 9 atom stereocenters. The Hall–Kier alpha value is -0.120. The lowest BCUT2D eigenvalue weighted by Gasteiger charge is -2.63. The number of aliphatic hydroxyl groups is 1. The smallest absolute Gasteiger partial charge is 0.0835 e. The van der Waals surface area contributed by atoms with Crippen LogP contribution in [0.2, 0.25) is 0 Å². The van der Waals surface area contributed by atoms with Crippen LogP contribution in [0.4, 0.5) is 0 Å². The van der Waals surface area contributed by atoms with Gasteiger partial charge in [-0.1, -0.05) is 20.3 Å². The van der Waals surface area contributed by atoms with Crippen LogP contribution >= 0.6 is 0 Å². The van der Waals surface area contributed by atoms with Crippen LogP contribution in [0.1, 0.15) is 65.2 Å². The van der Waals surface area contributed by atoms with Crippen LogP contribution in [0, 0.1) is 34.5 Å². The van der Waals surface area contributed by atoms with Crippen LogP contribution in [-0.2, 0) is 9.47 Å². The van der Waals surface area contributed by atoms with Gasteiger partial charge in [0.2, 0.25) is 0 Å². The minimum absolute atomic E-state index is 0.000561. The van der Waals surface area contributed by atoms with Crippen molar-refractivity contribution in [2.75, 3.05) is 14.2 Å². The highest BCUT2D eigenvalue weighted by Crippen LogP contribution is 2.66. The number of ether oxygens (including phenoxy) is 2. The minimum atomic E-state index is -0.286. The second-order valence-electron chi connectivity index (χ2n) is 9.88. The van der Waals surface area contributed by atoms with E-state index in [-0.39, 0.29) is 17.6 Å². The average Bonchev–Trinajstić information content (AvgIpc) is 2.95. The van der Waals surface area contributed by atoms with Crippen LogP contribution in [0.3, 0.4) is 0 Å². The Morgan fingerprint density at radius 2 is 1.71 bits per heavy atom. The fourth-order valence-electron chi connectivity index (χ4n) is 7.82. The first-order valence-electron chi connectivity index (χ1n) is 10.2. The van der Waals surface area contributed by atoms with E-state index in [1.54, 1.807) is 7.11 Å². The lowest BCUT2D eigenvalue weighted by Crippen LogP contribution is -2.60. The van der Waals surface area contributed by atoms with Gasteiger partial charge in [0.15, 0.2) is 0 Å². The summed E-state index contributed by atoms with van der Waals surface area (Å²) in [5.74, 6) is 2.97. The number of aliphatic hydroxyl groups excluding tert-OH is 1. The van der Waals surface area contributed by atoms with Gasteiger partial charge >= 0.3 is 0 Å². The Morgan fingerprint density at radius 3 is 2.42 bits per heavy atom. The van der Waals surface area contributed by atoms with Gasteiger partial charge in [-0.05, 0) is 79.4 Å². The number of methoxy groups -OCH3 is 2. The summed E-state index contributed by atoms with van der Waals surface area (Å²) >= 11 is 0. The van der Waals surface area contributed by atoms with Crippen molar-refractivity contribution >= 4 is 0 Å². The first-order chi connectivity index (χ1) is 11.4. The zero-order valence-corrected chi connectivity index (χ0v) is 16.0. The molecule has 3 heteroatoms. The summed E-state index contributed by atoms with van der Waals surface area (Å²) in [6.07, 6.45) is 10.1. The van der Waals surface area contributed by atoms with Gasteiger partial charge in [0.25, 0.3) is 0 Å². The van der Waals surface area contributed by atoms with Gasteiger partial charge in [-0.3, -0.25) is 0 Å². The number of fused-ring (bicyclic) bond motifs is 5. The van der Waals surface area contributed by atoms with Gasteiger partial charge in [-0.15, -0.1) is 0 Å². The molecule has 4 fully saturated rings. The summed E-state index contributed by atoms with van der Waals surface area (Å²) in [6.45, 7) is 5.03. The molecule has 3 unspecified atom stereocenters. The van der Waals surface area contributed by atoms with Crippen molar-refractivity contribution < 1.29 is 14.6 Å². The lowest BCUT2D eigenvalue weighted by molar-refractivity contribution is -0.201. The predicted molar refractivity (Wildman–Crippen MR) is 94.7 cm³/mol. The molecule has 0 aliphatic heterocycles. The molecule has 3 nitrogen and oxygen atoms in total. The Morgan fingerprint density at radius 1 is 0.958 bits per heavy atom. The van der Waals surface area contributed by atoms with E-state index in [4.69, 9.17) is 9.47 Å². The topological polar surface area (TPSA) is 38.7 Å². The fraction of sp³-hybridized carbons (Fsp3) is 1.00. The van der Waals surface area contributed by atoms with E-state index in [2.05, 4.69) is 13.8 Å². The average molecular weight is 337 g/mol. The normalized spacial score (nSPS) is 57.1. The van der Waals surface area contributed by atoms with Crippen molar-refractivity contribution in [3.8, 4) is 0 Å². The van der Waals surface area contributed by atoms with Crippen molar-refractivity contribution in [3.63, 3.8) is 0 Å². The third kappa shape index (κ3) is 2.34.